The summed E-state index contributed by atoms with van der Waals surface area (Å²) in [4.78, 5) is 37.7. The van der Waals surface area contributed by atoms with E-state index < -0.39 is 5.41 Å². The molecule has 2 aliphatic rings. The topological polar surface area (TPSA) is 118 Å². The van der Waals surface area contributed by atoms with Gasteiger partial charge in [0.1, 0.15) is 21.6 Å². The molecule has 0 unspecified atom stereocenters. The Kier molecular flexibility index (Phi) is 4.23. The summed E-state index contributed by atoms with van der Waals surface area (Å²) in [6.07, 6.45) is 8.77. The van der Waals surface area contributed by atoms with Crippen LogP contribution in [-0.2, 0) is 0 Å². The molecule has 10 heteroatoms. The van der Waals surface area contributed by atoms with E-state index in [1.165, 1.54) is 11.3 Å². The van der Waals surface area contributed by atoms with E-state index in [0.717, 1.165) is 48.1 Å². The van der Waals surface area contributed by atoms with Gasteiger partial charge in [0, 0.05) is 38.8 Å². The minimum Gasteiger partial charge on any atom is -0.298 e. The molecule has 5 aromatic heterocycles. The number of nitrogens with zero attached hydrogens (tertiary/aromatic N) is 6. The van der Waals surface area contributed by atoms with E-state index in [1.54, 1.807) is 35.6 Å². The molecule has 0 saturated carbocycles. The molecule has 0 fully saturated rings. The van der Waals surface area contributed by atoms with Gasteiger partial charge in [-0.1, -0.05) is 20.8 Å². The second kappa shape index (κ2) is 7.28. The van der Waals surface area contributed by atoms with Gasteiger partial charge in [0.05, 0.1) is 35.1 Å². The number of aromatic amines is 2. The van der Waals surface area contributed by atoms with Crippen LogP contribution < -0.4 is 0 Å². The second-order valence-corrected chi connectivity index (χ2v) is 10.9. The van der Waals surface area contributed by atoms with Gasteiger partial charge >= 0.3 is 0 Å². The van der Waals surface area contributed by atoms with E-state index in [1.807, 2.05) is 45.0 Å². The van der Waals surface area contributed by atoms with Crippen LogP contribution in [0.25, 0.3) is 64.8 Å². The lowest BCUT2D eigenvalue weighted by atomic mass is 9.95. The van der Waals surface area contributed by atoms with Crippen LogP contribution in [0.2, 0.25) is 0 Å². The van der Waals surface area contributed by atoms with Crippen LogP contribution in [-0.4, -0.2) is 45.6 Å². The first-order valence-corrected chi connectivity index (χ1v) is 12.3. The summed E-state index contributed by atoms with van der Waals surface area (Å²) in [5.41, 5.74) is 5.36. The van der Waals surface area contributed by atoms with Gasteiger partial charge < -0.3 is 0 Å². The van der Waals surface area contributed by atoms with Crippen molar-refractivity contribution in [2.75, 3.05) is 0 Å². The molecule has 7 rings (SSSR count). The fourth-order valence-corrected chi connectivity index (χ4v) is 5.47. The van der Waals surface area contributed by atoms with Crippen LogP contribution in [0.1, 0.15) is 25.6 Å². The van der Waals surface area contributed by atoms with Gasteiger partial charge in [0.2, 0.25) is 5.91 Å². The van der Waals surface area contributed by atoms with Crippen molar-refractivity contribution in [1.82, 2.24) is 39.7 Å². The van der Waals surface area contributed by atoms with Crippen molar-refractivity contribution in [2.24, 2.45) is 5.41 Å². The van der Waals surface area contributed by atoms with Crippen LogP contribution in [0, 0.1) is 5.41 Å². The van der Waals surface area contributed by atoms with Crippen LogP contribution in [0.4, 0.5) is 0 Å². The normalized spacial score (nSPS) is 12.4. The molecular formula is C26H20N8OS. The number of thiophene rings is 1. The van der Waals surface area contributed by atoms with Crippen molar-refractivity contribution in [3.63, 3.8) is 0 Å². The molecule has 36 heavy (non-hydrogen) atoms. The summed E-state index contributed by atoms with van der Waals surface area (Å²) >= 11 is 1.51. The largest absolute Gasteiger partial charge is 0.298 e. The Labute approximate surface area is 207 Å². The molecule has 9 nitrogen and oxygen atoms in total. The third kappa shape index (κ3) is 3.07. The Morgan fingerprint density at radius 2 is 1.81 bits per heavy atom. The summed E-state index contributed by atoms with van der Waals surface area (Å²) in [7, 11) is 0. The van der Waals surface area contributed by atoms with Gasteiger partial charge in [-0.2, -0.15) is 0 Å². The predicted molar refractivity (Wildman–Crippen MR) is 142 cm³/mol. The van der Waals surface area contributed by atoms with Crippen LogP contribution in [0.15, 0.2) is 55.2 Å². The van der Waals surface area contributed by atoms with Gasteiger partial charge in [-0.25, -0.2) is 9.97 Å². The Balaban J connectivity index is 1.74. The minimum atomic E-state index is -0.607. The molecule has 0 spiro atoms. The molecule has 0 radical (unpaired) electrons. The van der Waals surface area contributed by atoms with Crippen molar-refractivity contribution in [3.05, 3.63) is 55.2 Å². The standard InChI is InChI=1S/C26H20N8OS/c1-26(2,3)25(35)34-14-6-13(8-27-9-14)17-7-15-18(12-29-17)32-33-23(15)24-30-19-11-28-10-16(22(19)31-24)20-4-5-21(34)36-20/h4-12,32-33H,1-3H3. The van der Waals surface area contributed by atoms with Crippen LogP contribution >= 0.6 is 11.3 Å². The van der Waals surface area contributed by atoms with Gasteiger partial charge in [-0.3, -0.25) is 34.5 Å². The third-order valence-corrected chi connectivity index (χ3v) is 7.37. The molecular weight excluding hydrogens is 472 g/mol. The monoisotopic (exact) mass is 492 g/mol. The Hall–Kier alpha value is -4.44. The summed E-state index contributed by atoms with van der Waals surface area (Å²) in [5, 5.41) is 8.04. The molecule has 7 heterocycles. The number of fused-ring (bicyclic) bond motifs is 9. The molecule has 2 aliphatic heterocycles. The lowest BCUT2D eigenvalue weighted by molar-refractivity contribution is 0.0778. The summed E-state index contributed by atoms with van der Waals surface area (Å²) < 4.78 is 2.69. The number of nitrogens with one attached hydrogen (secondary N) is 2. The maximum atomic E-state index is 13.7. The number of hydrogen-bond donors (Lipinski definition) is 2. The number of carbonyl (C=O) groups excluding carboxylic acids is 1. The molecule has 176 valence electrons. The molecule has 0 atom stereocenters. The summed E-state index contributed by atoms with van der Waals surface area (Å²) in [6.45, 7) is 5.76. The number of rotatable bonds is 0. The molecule has 0 aromatic carbocycles. The van der Waals surface area contributed by atoms with E-state index in [4.69, 9.17) is 9.97 Å². The highest BCUT2D eigenvalue weighted by molar-refractivity contribution is 7.24. The van der Waals surface area contributed by atoms with Crippen LogP contribution in [0.5, 0.6) is 0 Å². The lowest BCUT2D eigenvalue weighted by Crippen LogP contribution is -2.26. The molecule has 0 aliphatic carbocycles. The Bertz CT molecular complexity index is 2020. The quantitative estimate of drug-likeness (QED) is 0.274. The van der Waals surface area contributed by atoms with Crippen molar-refractivity contribution in [1.29, 1.82) is 0 Å². The molecule has 0 amide bonds. The number of carbonyl (C=O) groups is 1. The fraction of sp³-hybridized carbons (Fsp3) is 0.154. The SMILES string of the molecule is CC(C)(C)C(=O)n1c2cncc(c2)c2cc3c(cn2)[nH][nH]c-3c2nc3cncc(c4ccc1s4)c3n2. The number of H-pyrrole nitrogens is 2. The average molecular weight is 493 g/mol. The lowest BCUT2D eigenvalue weighted by Gasteiger charge is -2.19. The zero-order valence-electron chi connectivity index (χ0n) is 19.7. The zero-order chi connectivity index (χ0) is 24.6. The smallest absolute Gasteiger partial charge is 0.237 e. The molecule has 2 N–H and O–H groups in total. The molecule has 5 aromatic rings. The first-order valence-electron chi connectivity index (χ1n) is 11.5. The highest BCUT2D eigenvalue weighted by Crippen LogP contribution is 2.33. The summed E-state index contributed by atoms with van der Waals surface area (Å²) in [5.74, 6) is -0.0307. The van der Waals surface area contributed by atoms with Gasteiger partial charge in [0.15, 0.2) is 5.65 Å². The van der Waals surface area contributed by atoms with Gasteiger partial charge in [-0.15, -0.1) is 11.3 Å². The Morgan fingerprint density at radius 3 is 2.67 bits per heavy atom. The highest BCUT2D eigenvalue weighted by Gasteiger charge is 2.24. The van der Waals surface area contributed by atoms with Crippen LogP contribution in [0.3, 0.4) is 0 Å². The van der Waals surface area contributed by atoms with Crippen molar-refractivity contribution in [2.45, 2.75) is 20.8 Å². The highest BCUT2D eigenvalue weighted by atomic mass is 32.1. The number of imidazole rings is 1. The number of aromatic nitrogens is 8. The van der Waals surface area contributed by atoms with Crippen molar-refractivity contribution < 1.29 is 4.79 Å². The first kappa shape index (κ1) is 20.9. The Morgan fingerprint density at radius 1 is 0.944 bits per heavy atom. The third-order valence-electron chi connectivity index (χ3n) is 6.26. The van der Waals surface area contributed by atoms with Gasteiger partial charge in [0.25, 0.3) is 0 Å². The van der Waals surface area contributed by atoms with E-state index in [0.29, 0.717) is 16.7 Å². The number of pyridine rings is 3. The summed E-state index contributed by atoms with van der Waals surface area (Å²) in [6, 6.07) is 7.90. The minimum absolute atomic E-state index is 0.0307. The van der Waals surface area contributed by atoms with E-state index in [9.17, 15) is 4.79 Å². The molecule has 8 bridgehead atoms. The average Bonchev–Trinajstić information content (AvgIpc) is 3.60. The van der Waals surface area contributed by atoms with Crippen molar-refractivity contribution >= 4 is 70.8 Å². The zero-order valence-corrected chi connectivity index (χ0v) is 20.5. The van der Waals surface area contributed by atoms with Gasteiger partial charge in [-0.05, 0) is 24.3 Å². The second-order valence-electron chi connectivity index (χ2n) is 9.80. The maximum absolute atomic E-state index is 13.7. The van der Waals surface area contributed by atoms with Crippen molar-refractivity contribution in [3.8, 4) is 11.3 Å². The first-order chi connectivity index (χ1) is 17.4. The maximum Gasteiger partial charge on any atom is 0.237 e. The number of hydrogen-bond acceptors (Lipinski definition) is 7. The molecule has 0 saturated heterocycles. The van der Waals surface area contributed by atoms with E-state index in [2.05, 4.69) is 25.1 Å². The van der Waals surface area contributed by atoms with E-state index in [-0.39, 0.29) is 5.91 Å². The van der Waals surface area contributed by atoms with E-state index >= 15 is 0 Å². The fourth-order valence-electron chi connectivity index (χ4n) is 4.44. The predicted octanol–water partition coefficient (Wildman–Crippen LogP) is 5.86.